The van der Waals surface area contributed by atoms with E-state index in [4.69, 9.17) is 23.8 Å². The van der Waals surface area contributed by atoms with Crippen LogP contribution in [0.2, 0.25) is 0 Å². The molecule has 0 bridgehead atoms. The van der Waals surface area contributed by atoms with Crippen LogP contribution >= 0.6 is 0 Å². The number of carbonyl (C=O) groups excluding carboxylic acids is 5. The van der Waals surface area contributed by atoms with Crippen molar-refractivity contribution in [1.29, 1.82) is 0 Å². The molecule has 1 amide bonds. The van der Waals surface area contributed by atoms with Gasteiger partial charge in [-0.15, -0.1) is 4.73 Å². The number of aliphatic hydroxyl groups excluding tert-OH is 2. The number of Topliss-reactive ketones (excluding diaryl/α,β-unsaturated/α-hetero) is 1. The van der Waals surface area contributed by atoms with Crippen molar-refractivity contribution in [1.82, 2.24) is 10.0 Å². The molecular formula is C42H46N2O17. The summed E-state index contributed by atoms with van der Waals surface area (Å²) < 4.78 is 23.8. The molecule has 0 radical (unpaired) electrons. The Morgan fingerprint density at radius 3 is 2.39 bits per heavy atom. The molecule has 2 aromatic carbocycles. The van der Waals surface area contributed by atoms with Crippen LogP contribution in [0.1, 0.15) is 101 Å². The number of ether oxygens (including phenoxy) is 4. The maximum absolute atomic E-state index is 14.0. The van der Waals surface area contributed by atoms with Crippen molar-refractivity contribution in [3.8, 4) is 29.0 Å². The molecule has 1 aliphatic heterocycles. The smallest absolute Gasteiger partial charge is 0.408 e. The lowest BCUT2D eigenvalue weighted by Gasteiger charge is -2.42. The van der Waals surface area contributed by atoms with Gasteiger partial charge in [-0.05, 0) is 51.7 Å². The van der Waals surface area contributed by atoms with Gasteiger partial charge in [0, 0.05) is 48.1 Å². The van der Waals surface area contributed by atoms with Gasteiger partial charge in [-0.25, -0.2) is 9.59 Å². The zero-order valence-electron chi connectivity index (χ0n) is 33.3. The summed E-state index contributed by atoms with van der Waals surface area (Å²) in [6, 6.07) is 5.54. The van der Waals surface area contributed by atoms with Crippen molar-refractivity contribution in [2.24, 2.45) is 5.41 Å². The van der Waals surface area contributed by atoms with Crippen LogP contribution in [0.15, 0.2) is 42.5 Å². The fraction of sp³-hybridized carbons (Fsp3) is 0.452. The van der Waals surface area contributed by atoms with Gasteiger partial charge in [0.25, 0.3) is 0 Å². The number of hydrogen-bond acceptors (Lipinski definition) is 17. The molecule has 0 saturated carbocycles. The zero-order valence-corrected chi connectivity index (χ0v) is 33.3. The van der Waals surface area contributed by atoms with Crippen LogP contribution in [-0.2, 0) is 30.2 Å². The molecule has 3 aliphatic carbocycles. The molecule has 1 aromatic heterocycles. The molecule has 2 heterocycles. The monoisotopic (exact) mass is 850 g/mol. The fourth-order valence-corrected chi connectivity index (χ4v) is 8.53. The first kappa shape index (κ1) is 43.1. The highest BCUT2D eigenvalue weighted by atomic mass is 16.7. The number of nitrogens with one attached hydrogen (secondary N) is 1. The van der Waals surface area contributed by atoms with Gasteiger partial charge in [0.1, 0.15) is 41.7 Å². The molecule has 4 aliphatic rings. The van der Waals surface area contributed by atoms with Crippen LogP contribution in [0.3, 0.4) is 0 Å². The Labute approximate surface area is 347 Å². The van der Waals surface area contributed by atoms with Crippen LogP contribution in [0.5, 0.6) is 29.0 Å². The van der Waals surface area contributed by atoms with E-state index in [0.29, 0.717) is 24.0 Å². The third kappa shape index (κ3) is 7.78. The Bertz CT molecular complexity index is 2300. The molecule has 0 spiro atoms. The van der Waals surface area contributed by atoms with Gasteiger partial charge in [0.2, 0.25) is 17.5 Å². The molecule has 8 atom stereocenters. The van der Waals surface area contributed by atoms with Crippen LogP contribution in [-0.4, -0.2) is 120 Å². The number of hydrogen-bond donors (Lipinski definition) is 8. The summed E-state index contributed by atoms with van der Waals surface area (Å²) in [5.41, 5.74) is -5.29. The first-order valence-corrected chi connectivity index (χ1v) is 19.6. The summed E-state index contributed by atoms with van der Waals surface area (Å²) in [4.78, 5) is 72.3. The van der Waals surface area contributed by atoms with Gasteiger partial charge < -0.3 is 64.8 Å². The van der Waals surface area contributed by atoms with Gasteiger partial charge in [0.05, 0.1) is 47.5 Å². The SMILES string of the molecule is COc1cccc2c1C(=O)c1c(O)c3c(c(O)c1C2=O)C[C@@](O)(C(=O)CO)C[C@@H]3OC1CC(NC(=O)OC2C=CCC(C)(C(=O)On3c(O)ccc3O)CCC2)[C@H](O)C(C)O1. The molecule has 1 saturated heterocycles. The van der Waals surface area contributed by atoms with Crippen molar-refractivity contribution in [3.63, 3.8) is 0 Å². The lowest BCUT2D eigenvalue weighted by Crippen LogP contribution is -2.56. The second-order valence-electron chi connectivity index (χ2n) is 16.0. The standard InChI is InChI=1S/C42H46N2O17/c1-19-34(49)23(43-40(55)59-20-7-5-13-41(2,14-6-8-20)39(54)61-44-27(47)11-12-28(44)48)15-29(58-19)60-25-17-42(56,26(46)18-45)16-22-31(25)38(53)33-32(36(22)51)35(50)21-9-4-10-24(57-3)30(21)37(33)52/h4-5,7,9-12,19-20,23,25,29,34,45,47-49,51,53,56H,6,8,13-18H2,1-3H3,(H,43,55)/t19?,20?,23?,25-,29?,34+,41?,42-/m0/s1. The van der Waals surface area contributed by atoms with E-state index in [1.165, 1.54) is 32.2 Å². The number of phenolic OH excluding ortho intramolecular Hbond substituents is 2. The number of ketones is 3. The minimum Gasteiger partial charge on any atom is -0.507 e. The van der Waals surface area contributed by atoms with Crippen molar-refractivity contribution >= 4 is 29.4 Å². The Balaban J connectivity index is 1.09. The molecule has 61 heavy (non-hydrogen) atoms. The molecule has 1 fully saturated rings. The number of aromatic hydroxyl groups is 4. The first-order chi connectivity index (χ1) is 28.9. The maximum Gasteiger partial charge on any atom is 0.408 e. The van der Waals surface area contributed by atoms with Crippen LogP contribution in [0, 0.1) is 5.41 Å². The number of allylic oxidation sites excluding steroid dienone is 1. The minimum atomic E-state index is -2.38. The van der Waals surface area contributed by atoms with Crippen LogP contribution in [0.25, 0.3) is 0 Å². The Hall–Kier alpha value is -5.99. The predicted octanol–water partition coefficient (Wildman–Crippen LogP) is 2.14. The predicted molar refractivity (Wildman–Crippen MR) is 206 cm³/mol. The number of alkyl carbamates (subject to hydrolysis) is 1. The number of aromatic nitrogens is 1. The highest BCUT2D eigenvalue weighted by Gasteiger charge is 2.50. The van der Waals surface area contributed by atoms with Gasteiger partial charge >= 0.3 is 12.1 Å². The molecule has 7 rings (SSSR count). The molecular weight excluding hydrogens is 804 g/mol. The molecule has 19 heteroatoms. The second-order valence-corrected chi connectivity index (χ2v) is 16.0. The highest BCUT2D eigenvalue weighted by molar-refractivity contribution is 6.31. The number of amides is 1. The average molecular weight is 851 g/mol. The number of methoxy groups -OCH3 is 1. The summed E-state index contributed by atoms with van der Waals surface area (Å²) in [6.07, 6.45) is -3.84. The number of fused-ring (bicyclic) bond motifs is 3. The molecule has 5 unspecified atom stereocenters. The normalized spacial score (nSPS) is 28.4. The lowest BCUT2D eigenvalue weighted by molar-refractivity contribution is -0.249. The third-order valence-electron chi connectivity index (χ3n) is 11.9. The number of carbonyl (C=O) groups is 5. The number of phenols is 2. The number of nitrogens with zero attached hydrogens (tertiary/aromatic N) is 1. The molecule has 3 aromatic rings. The Kier molecular flexibility index (Phi) is 11.6. The van der Waals surface area contributed by atoms with Crippen molar-refractivity contribution in [2.45, 2.75) is 101 Å². The minimum absolute atomic E-state index is 0.0404. The van der Waals surface area contributed by atoms with Crippen molar-refractivity contribution in [2.75, 3.05) is 13.7 Å². The number of rotatable bonds is 9. The van der Waals surface area contributed by atoms with E-state index in [-0.39, 0.29) is 40.8 Å². The molecule has 19 nitrogen and oxygen atoms in total. The van der Waals surface area contributed by atoms with E-state index in [2.05, 4.69) is 5.32 Å². The van der Waals surface area contributed by atoms with E-state index < -0.39 is 131 Å². The summed E-state index contributed by atoms with van der Waals surface area (Å²) in [7, 11) is 1.29. The lowest BCUT2D eigenvalue weighted by atomic mass is 9.72. The van der Waals surface area contributed by atoms with Crippen molar-refractivity contribution < 1.29 is 83.5 Å². The molecule has 326 valence electrons. The quantitative estimate of drug-likeness (QED) is 0.0884. The largest absolute Gasteiger partial charge is 0.507 e. The number of benzene rings is 2. The topological polar surface area (TPSA) is 290 Å². The van der Waals surface area contributed by atoms with Gasteiger partial charge in [0.15, 0.2) is 17.9 Å². The number of aliphatic hydroxyl groups is 3. The molecule has 8 N–H and O–H groups in total. The van der Waals surface area contributed by atoms with E-state index in [0.717, 1.165) is 12.1 Å². The fourth-order valence-electron chi connectivity index (χ4n) is 8.53. The maximum atomic E-state index is 14.0. The van der Waals surface area contributed by atoms with Crippen LogP contribution in [0.4, 0.5) is 4.79 Å². The summed E-state index contributed by atoms with van der Waals surface area (Å²) in [6.45, 7) is 2.06. The zero-order chi connectivity index (χ0) is 44.1. The first-order valence-electron chi connectivity index (χ1n) is 19.6. The van der Waals surface area contributed by atoms with Gasteiger partial charge in [-0.1, -0.05) is 18.2 Å². The second kappa shape index (κ2) is 16.5. The highest BCUT2D eigenvalue weighted by Crippen LogP contribution is 2.52. The van der Waals surface area contributed by atoms with E-state index in [1.807, 2.05) is 0 Å². The van der Waals surface area contributed by atoms with E-state index in [9.17, 15) is 59.7 Å². The Morgan fingerprint density at radius 2 is 1.70 bits per heavy atom. The van der Waals surface area contributed by atoms with Gasteiger partial charge in [-0.2, -0.15) is 0 Å². The summed E-state index contributed by atoms with van der Waals surface area (Å²) >= 11 is 0. The average Bonchev–Trinajstić information content (AvgIpc) is 3.53. The van der Waals surface area contributed by atoms with Crippen LogP contribution < -0.4 is 14.9 Å². The van der Waals surface area contributed by atoms with Crippen molar-refractivity contribution in [3.05, 3.63) is 75.9 Å². The summed E-state index contributed by atoms with van der Waals surface area (Å²) in [5, 5.41) is 78.2. The summed E-state index contributed by atoms with van der Waals surface area (Å²) in [5.74, 6) is -5.84. The van der Waals surface area contributed by atoms with E-state index >= 15 is 0 Å². The third-order valence-corrected chi connectivity index (χ3v) is 11.9. The Morgan fingerprint density at radius 1 is 1.00 bits per heavy atom. The van der Waals surface area contributed by atoms with E-state index in [1.54, 1.807) is 19.1 Å². The van der Waals surface area contributed by atoms with Gasteiger partial charge in [-0.3, -0.25) is 14.4 Å².